The SMILES string of the molecule is NCCCn1c(-c2ccccc2)csc1=O. The summed E-state index contributed by atoms with van der Waals surface area (Å²) in [6.45, 7) is 1.31. The minimum absolute atomic E-state index is 0.0901. The molecule has 0 aliphatic carbocycles. The topological polar surface area (TPSA) is 48.0 Å². The minimum Gasteiger partial charge on any atom is -0.330 e. The van der Waals surface area contributed by atoms with Crippen LogP contribution in [-0.2, 0) is 6.54 Å². The molecule has 1 aromatic heterocycles. The number of benzene rings is 1. The van der Waals surface area contributed by atoms with Crippen LogP contribution in [0.1, 0.15) is 6.42 Å². The van der Waals surface area contributed by atoms with Crippen molar-refractivity contribution in [2.45, 2.75) is 13.0 Å². The molecule has 0 aliphatic heterocycles. The van der Waals surface area contributed by atoms with Crippen LogP contribution in [0.15, 0.2) is 40.5 Å². The van der Waals surface area contributed by atoms with Gasteiger partial charge in [-0.2, -0.15) is 0 Å². The zero-order valence-electron chi connectivity index (χ0n) is 8.93. The summed E-state index contributed by atoms with van der Waals surface area (Å²) in [6, 6.07) is 9.95. The van der Waals surface area contributed by atoms with Crippen molar-refractivity contribution in [2.24, 2.45) is 5.73 Å². The van der Waals surface area contributed by atoms with Crippen molar-refractivity contribution < 1.29 is 0 Å². The molecule has 0 saturated carbocycles. The van der Waals surface area contributed by atoms with Gasteiger partial charge in [0.1, 0.15) is 0 Å². The third-order valence-corrected chi connectivity index (χ3v) is 3.20. The van der Waals surface area contributed by atoms with Crippen LogP contribution >= 0.6 is 11.3 Å². The Morgan fingerprint density at radius 3 is 2.69 bits per heavy atom. The number of hydrogen-bond donors (Lipinski definition) is 1. The van der Waals surface area contributed by atoms with Gasteiger partial charge in [0.2, 0.25) is 0 Å². The second-order valence-electron chi connectivity index (χ2n) is 3.55. The number of aromatic nitrogens is 1. The van der Waals surface area contributed by atoms with Crippen molar-refractivity contribution in [3.8, 4) is 11.3 Å². The molecule has 0 aliphatic rings. The summed E-state index contributed by atoms with van der Waals surface area (Å²) in [5.74, 6) is 0. The number of thiazole rings is 1. The van der Waals surface area contributed by atoms with Crippen LogP contribution in [0.25, 0.3) is 11.3 Å². The number of nitrogens with two attached hydrogens (primary N) is 1. The Morgan fingerprint density at radius 1 is 1.25 bits per heavy atom. The highest BCUT2D eigenvalue weighted by Crippen LogP contribution is 2.19. The van der Waals surface area contributed by atoms with Crippen LogP contribution in [0.5, 0.6) is 0 Å². The van der Waals surface area contributed by atoms with E-state index >= 15 is 0 Å². The summed E-state index contributed by atoms with van der Waals surface area (Å²) in [7, 11) is 0. The molecule has 1 heterocycles. The van der Waals surface area contributed by atoms with E-state index in [0.29, 0.717) is 13.1 Å². The molecule has 16 heavy (non-hydrogen) atoms. The fourth-order valence-electron chi connectivity index (χ4n) is 1.63. The van der Waals surface area contributed by atoms with Crippen LogP contribution in [0.3, 0.4) is 0 Å². The van der Waals surface area contributed by atoms with Crippen LogP contribution in [-0.4, -0.2) is 11.1 Å². The van der Waals surface area contributed by atoms with E-state index in [0.717, 1.165) is 17.7 Å². The Labute approximate surface area is 98.2 Å². The van der Waals surface area contributed by atoms with Crippen molar-refractivity contribution in [2.75, 3.05) is 6.54 Å². The Morgan fingerprint density at radius 2 is 2.00 bits per heavy atom. The summed E-state index contributed by atoms with van der Waals surface area (Å²) in [5, 5.41) is 1.91. The van der Waals surface area contributed by atoms with Gasteiger partial charge in [-0.25, -0.2) is 0 Å². The van der Waals surface area contributed by atoms with Crippen molar-refractivity contribution in [3.63, 3.8) is 0 Å². The molecule has 0 unspecified atom stereocenters. The molecule has 1 aromatic carbocycles. The summed E-state index contributed by atoms with van der Waals surface area (Å²) >= 11 is 1.24. The Bertz CT molecular complexity index is 501. The Kier molecular flexibility index (Phi) is 3.54. The lowest BCUT2D eigenvalue weighted by Gasteiger charge is -2.06. The van der Waals surface area contributed by atoms with Crippen LogP contribution in [0, 0.1) is 0 Å². The number of hydrogen-bond acceptors (Lipinski definition) is 3. The molecule has 0 bridgehead atoms. The average molecular weight is 234 g/mol. The quantitative estimate of drug-likeness (QED) is 0.878. The van der Waals surface area contributed by atoms with E-state index in [4.69, 9.17) is 5.73 Å². The molecule has 2 aromatic rings. The summed E-state index contributed by atoms with van der Waals surface area (Å²) < 4.78 is 1.80. The highest BCUT2D eigenvalue weighted by atomic mass is 32.1. The largest absolute Gasteiger partial charge is 0.330 e. The summed E-state index contributed by atoms with van der Waals surface area (Å²) in [6.07, 6.45) is 0.830. The Hall–Kier alpha value is -1.39. The maximum absolute atomic E-state index is 11.7. The first-order valence-electron chi connectivity index (χ1n) is 5.26. The smallest absolute Gasteiger partial charge is 0.307 e. The van der Waals surface area contributed by atoms with Crippen molar-refractivity contribution >= 4 is 11.3 Å². The molecule has 0 saturated heterocycles. The van der Waals surface area contributed by atoms with E-state index in [9.17, 15) is 4.79 Å². The third kappa shape index (κ3) is 2.23. The molecular weight excluding hydrogens is 220 g/mol. The van der Waals surface area contributed by atoms with Crippen molar-refractivity contribution in [1.29, 1.82) is 0 Å². The monoisotopic (exact) mass is 234 g/mol. The van der Waals surface area contributed by atoms with E-state index in [1.54, 1.807) is 4.57 Å². The third-order valence-electron chi connectivity index (χ3n) is 2.44. The van der Waals surface area contributed by atoms with Gasteiger partial charge in [0.05, 0.1) is 5.69 Å². The zero-order chi connectivity index (χ0) is 11.4. The molecule has 0 fully saturated rings. The number of nitrogens with zero attached hydrogens (tertiary/aromatic N) is 1. The zero-order valence-corrected chi connectivity index (χ0v) is 9.74. The van der Waals surface area contributed by atoms with Crippen LogP contribution < -0.4 is 10.6 Å². The maximum atomic E-state index is 11.7. The molecule has 2 N–H and O–H groups in total. The summed E-state index contributed by atoms with van der Waals surface area (Å²) in [5.41, 5.74) is 7.54. The molecular formula is C12H14N2OS. The lowest BCUT2D eigenvalue weighted by molar-refractivity contribution is 0.648. The van der Waals surface area contributed by atoms with E-state index in [1.165, 1.54) is 11.3 Å². The fraction of sp³-hybridized carbons (Fsp3) is 0.250. The van der Waals surface area contributed by atoms with E-state index in [-0.39, 0.29) is 4.87 Å². The molecule has 0 spiro atoms. The summed E-state index contributed by atoms with van der Waals surface area (Å²) in [4.78, 5) is 11.7. The Balaban J connectivity index is 2.38. The van der Waals surface area contributed by atoms with Gasteiger partial charge < -0.3 is 5.73 Å². The first-order valence-corrected chi connectivity index (χ1v) is 6.14. The minimum atomic E-state index is 0.0901. The predicted octanol–water partition coefficient (Wildman–Crippen LogP) is 1.93. The van der Waals surface area contributed by atoms with Gasteiger partial charge >= 0.3 is 4.87 Å². The van der Waals surface area contributed by atoms with Gasteiger partial charge in [0.25, 0.3) is 0 Å². The van der Waals surface area contributed by atoms with E-state index in [1.807, 2.05) is 35.7 Å². The molecule has 0 amide bonds. The maximum Gasteiger partial charge on any atom is 0.307 e. The van der Waals surface area contributed by atoms with Gasteiger partial charge in [0.15, 0.2) is 0 Å². The van der Waals surface area contributed by atoms with E-state index in [2.05, 4.69) is 0 Å². The second kappa shape index (κ2) is 5.09. The van der Waals surface area contributed by atoms with Crippen LogP contribution in [0.4, 0.5) is 0 Å². The molecule has 84 valence electrons. The molecule has 4 heteroatoms. The van der Waals surface area contributed by atoms with Crippen molar-refractivity contribution in [3.05, 3.63) is 45.4 Å². The second-order valence-corrected chi connectivity index (χ2v) is 4.37. The lowest BCUT2D eigenvalue weighted by Crippen LogP contribution is -2.16. The molecule has 0 atom stereocenters. The molecule has 2 rings (SSSR count). The van der Waals surface area contributed by atoms with Gasteiger partial charge in [-0.1, -0.05) is 41.7 Å². The first kappa shape index (κ1) is 11.1. The highest BCUT2D eigenvalue weighted by Gasteiger charge is 2.07. The van der Waals surface area contributed by atoms with E-state index < -0.39 is 0 Å². The normalized spacial score (nSPS) is 10.6. The van der Waals surface area contributed by atoms with Gasteiger partial charge in [-0.3, -0.25) is 9.36 Å². The van der Waals surface area contributed by atoms with Gasteiger partial charge in [-0.15, -0.1) is 0 Å². The fourth-order valence-corrected chi connectivity index (χ4v) is 2.42. The average Bonchev–Trinajstić information content (AvgIpc) is 2.69. The number of rotatable bonds is 4. The van der Waals surface area contributed by atoms with Gasteiger partial charge in [0, 0.05) is 11.9 Å². The molecule has 0 radical (unpaired) electrons. The first-order chi connectivity index (χ1) is 7.83. The predicted molar refractivity (Wildman–Crippen MR) is 67.7 cm³/mol. The lowest BCUT2D eigenvalue weighted by atomic mass is 10.2. The standard InChI is InChI=1S/C12H14N2OS/c13-7-4-8-14-11(9-16-12(14)15)10-5-2-1-3-6-10/h1-3,5-6,9H,4,7-8,13H2. The highest BCUT2D eigenvalue weighted by molar-refractivity contribution is 7.07. The van der Waals surface area contributed by atoms with Crippen molar-refractivity contribution in [1.82, 2.24) is 4.57 Å². The molecule has 3 nitrogen and oxygen atoms in total. The van der Waals surface area contributed by atoms with Gasteiger partial charge in [-0.05, 0) is 18.5 Å². The van der Waals surface area contributed by atoms with Crippen LogP contribution in [0.2, 0.25) is 0 Å².